The van der Waals surface area contributed by atoms with E-state index in [-0.39, 0.29) is 24.7 Å². The highest BCUT2D eigenvalue weighted by molar-refractivity contribution is 7.99. The van der Waals surface area contributed by atoms with Gasteiger partial charge in [-0.15, -0.1) is 0 Å². The summed E-state index contributed by atoms with van der Waals surface area (Å²) in [5, 5.41) is 13.2. The Bertz CT molecular complexity index is 2260. The lowest BCUT2D eigenvalue weighted by molar-refractivity contribution is -0.245. The fourth-order valence-electron chi connectivity index (χ4n) is 6.69. The second-order valence-electron chi connectivity index (χ2n) is 13.4. The Morgan fingerprint density at radius 3 is 2.04 bits per heavy atom. The summed E-state index contributed by atoms with van der Waals surface area (Å²) in [5.41, 5.74) is 9.32. The lowest BCUT2D eigenvalue weighted by Crippen LogP contribution is -2.31. The molecule has 6 aromatic carbocycles. The highest BCUT2D eigenvalue weighted by atomic mass is 32.2. The third kappa shape index (κ3) is 8.80. The van der Waals surface area contributed by atoms with E-state index in [4.69, 9.17) is 18.9 Å². The van der Waals surface area contributed by atoms with E-state index in [1.807, 2.05) is 127 Å². The second kappa shape index (κ2) is 17.1. The van der Waals surface area contributed by atoms with Crippen molar-refractivity contribution >= 4 is 17.7 Å². The van der Waals surface area contributed by atoms with Gasteiger partial charge in [0.15, 0.2) is 12.1 Å². The molecule has 0 saturated carbocycles. The summed E-state index contributed by atoms with van der Waals surface area (Å²) in [7, 11) is 0. The third-order valence-corrected chi connectivity index (χ3v) is 10.6. The first-order valence-electron chi connectivity index (χ1n) is 18.4. The van der Waals surface area contributed by atoms with E-state index < -0.39 is 6.29 Å². The number of hydrogen-bond donors (Lipinski definition) is 2. The zero-order valence-corrected chi connectivity index (χ0v) is 30.9. The summed E-state index contributed by atoms with van der Waals surface area (Å²) < 4.78 is 19.7. The Hall–Kier alpha value is -5.77. The molecule has 1 saturated heterocycles. The van der Waals surface area contributed by atoms with Gasteiger partial charge in [-0.3, -0.25) is 4.79 Å². The van der Waals surface area contributed by atoms with Gasteiger partial charge < -0.3 is 24.3 Å². The van der Waals surface area contributed by atoms with E-state index in [2.05, 4.69) is 41.7 Å². The second-order valence-corrected chi connectivity index (χ2v) is 14.4. The quantitative estimate of drug-likeness (QED) is 0.120. The van der Waals surface area contributed by atoms with Crippen LogP contribution in [0.15, 0.2) is 173 Å². The fourth-order valence-corrected chi connectivity index (χ4v) is 7.53. The topological polar surface area (TPSA) is 93.8 Å². The van der Waals surface area contributed by atoms with Crippen molar-refractivity contribution in [1.82, 2.24) is 10.3 Å². The van der Waals surface area contributed by atoms with Crippen LogP contribution >= 0.6 is 11.8 Å². The molecule has 7 aromatic rings. The maximum absolute atomic E-state index is 12.6. The summed E-state index contributed by atoms with van der Waals surface area (Å²) in [6.45, 7) is 0.415. The number of oxazole rings is 1. The molecule has 1 aliphatic rings. The molecule has 7 nitrogen and oxygen atoms in total. The highest BCUT2D eigenvalue weighted by Crippen LogP contribution is 2.41. The minimum Gasteiger partial charge on any atom is -0.431 e. The van der Waals surface area contributed by atoms with Crippen molar-refractivity contribution in [2.75, 3.05) is 5.75 Å². The molecule has 1 fully saturated rings. The first kappa shape index (κ1) is 36.2. The molecule has 8 heteroatoms. The van der Waals surface area contributed by atoms with Gasteiger partial charge in [0.1, 0.15) is 5.69 Å². The number of amides is 1. The number of nitrogens with one attached hydrogen (secondary N) is 1. The van der Waals surface area contributed by atoms with Crippen LogP contribution in [0.3, 0.4) is 0 Å². The normalized spacial score (nSPS) is 16.8. The molecule has 0 spiro atoms. The van der Waals surface area contributed by atoms with Crippen LogP contribution in [-0.4, -0.2) is 27.9 Å². The number of carbonyl (C=O) groups is 1. The molecule has 0 bridgehead atoms. The Morgan fingerprint density at radius 1 is 0.673 bits per heavy atom. The van der Waals surface area contributed by atoms with Crippen LogP contribution in [0.2, 0.25) is 0 Å². The van der Waals surface area contributed by atoms with Gasteiger partial charge in [0.05, 0.1) is 18.8 Å². The first-order valence-corrected chi connectivity index (χ1v) is 19.4. The maximum atomic E-state index is 12.6. The summed E-state index contributed by atoms with van der Waals surface area (Å²) in [5.74, 6) is 1.25. The van der Waals surface area contributed by atoms with E-state index >= 15 is 0 Å². The average Bonchev–Trinajstić information content (AvgIpc) is 3.70. The standard InChI is InChI=1S/C47H40N2O5S/c50-30-32-19-21-35(22-20-32)42-28-41(31-55-47-49-43(36-12-4-1-5-13-36)44(54-47)37-14-6-2-7-15-37)52-46(53-42)39-25-23-34(24-26-39)40-18-10-11-33(27-40)29-48-45(51)38-16-8-3-9-17-38/h1-27,41-42,46,50H,28-31H2,(H,48,51)/t41-,42+,46+/m1/s1. The van der Waals surface area contributed by atoms with Gasteiger partial charge in [-0.05, 0) is 46.0 Å². The predicted molar refractivity (Wildman–Crippen MR) is 216 cm³/mol. The van der Waals surface area contributed by atoms with Gasteiger partial charge in [-0.25, -0.2) is 4.98 Å². The molecular formula is C47H40N2O5S. The molecule has 1 amide bonds. The molecule has 8 rings (SSSR count). The number of aliphatic hydroxyl groups is 1. The molecule has 274 valence electrons. The van der Waals surface area contributed by atoms with E-state index in [9.17, 15) is 9.90 Å². The molecule has 0 aliphatic carbocycles. The lowest BCUT2D eigenvalue weighted by atomic mass is 9.99. The Kier molecular flexibility index (Phi) is 11.3. The van der Waals surface area contributed by atoms with Gasteiger partial charge in [0.25, 0.3) is 11.1 Å². The molecular weight excluding hydrogens is 705 g/mol. The van der Waals surface area contributed by atoms with Crippen molar-refractivity contribution in [3.05, 3.63) is 192 Å². The van der Waals surface area contributed by atoms with Crippen LogP contribution in [0, 0.1) is 0 Å². The maximum Gasteiger partial charge on any atom is 0.256 e. The molecule has 2 heterocycles. The van der Waals surface area contributed by atoms with Gasteiger partial charge in [-0.2, -0.15) is 0 Å². The lowest BCUT2D eigenvalue weighted by Gasteiger charge is -2.36. The van der Waals surface area contributed by atoms with Crippen molar-refractivity contribution < 1.29 is 23.8 Å². The number of rotatable bonds is 12. The summed E-state index contributed by atoms with van der Waals surface area (Å²) in [4.78, 5) is 17.6. The third-order valence-electron chi connectivity index (χ3n) is 9.63. The molecule has 3 atom stereocenters. The number of aliphatic hydroxyl groups excluding tert-OH is 1. The van der Waals surface area contributed by atoms with Gasteiger partial charge in [0, 0.05) is 41.0 Å². The zero-order chi connectivity index (χ0) is 37.4. The molecule has 2 N–H and O–H groups in total. The number of thioether (sulfide) groups is 1. The Balaban J connectivity index is 0.996. The number of aromatic nitrogens is 1. The van der Waals surface area contributed by atoms with Gasteiger partial charge in [-0.1, -0.05) is 157 Å². The number of hydrogen-bond acceptors (Lipinski definition) is 7. The van der Waals surface area contributed by atoms with E-state index in [0.29, 0.717) is 29.5 Å². The van der Waals surface area contributed by atoms with E-state index in [1.54, 1.807) is 0 Å². The van der Waals surface area contributed by atoms with Crippen LogP contribution in [0.1, 0.15) is 51.4 Å². The van der Waals surface area contributed by atoms with E-state index in [1.165, 1.54) is 11.8 Å². The largest absolute Gasteiger partial charge is 0.431 e. The van der Waals surface area contributed by atoms with Crippen molar-refractivity contribution in [3.8, 4) is 33.7 Å². The van der Waals surface area contributed by atoms with Gasteiger partial charge in [0.2, 0.25) is 0 Å². The molecule has 0 unspecified atom stereocenters. The highest BCUT2D eigenvalue weighted by Gasteiger charge is 2.33. The molecule has 1 aromatic heterocycles. The summed E-state index contributed by atoms with van der Waals surface area (Å²) in [6.07, 6.45) is -0.338. The summed E-state index contributed by atoms with van der Waals surface area (Å²) >= 11 is 1.54. The Morgan fingerprint density at radius 2 is 1.33 bits per heavy atom. The molecule has 1 aliphatic heterocycles. The SMILES string of the molecule is O=C(NCc1cccc(-c2ccc([C@H]3O[C@@H](CSc4nc(-c5ccccc5)c(-c5ccccc5)o4)C[C@@H](c4ccc(CO)cc4)O3)cc2)c1)c1ccccc1. The first-order chi connectivity index (χ1) is 27.1. The smallest absolute Gasteiger partial charge is 0.256 e. The van der Waals surface area contributed by atoms with Crippen LogP contribution in [0.4, 0.5) is 0 Å². The zero-order valence-electron chi connectivity index (χ0n) is 30.1. The molecule has 55 heavy (non-hydrogen) atoms. The average molecular weight is 745 g/mol. The number of ether oxygens (including phenoxy) is 2. The number of nitrogens with zero attached hydrogens (tertiary/aromatic N) is 1. The van der Waals surface area contributed by atoms with Crippen molar-refractivity contribution in [3.63, 3.8) is 0 Å². The van der Waals surface area contributed by atoms with Crippen LogP contribution in [0.25, 0.3) is 33.7 Å². The number of carbonyl (C=O) groups excluding carboxylic acids is 1. The molecule has 0 radical (unpaired) electrons. The van der Waals surface area contributed by atoms with Crippen molar-refractivity contribution in [2.24, 2.45) is 0 Å². The minimum absolute atomic E-state index is 0.0134. The van der Waals surface area contributed by atoms with E-state index in [0.717, 1.165) is 56.0 Å². The predicted octanol–water partition coefficient (Wildman–Crippen LogP) is 10.4. The van der Waals surface area contributed by atoms with Crippen molar-refractivity contribution in [1.29, 1.82) is 0 Å². The van der Waals surface area contributed by atoms with Crippen LogP contribution in [0.5, 0.6) is 0 Å². The van der Waals surface area contributed by atoms with Crippen LogP contribution < -0.4 is 5.32 Å². The van der Waals surface area contributed by atoms with Crippen LogP contribution in [-0.2, 0) is 22.6 Å². The minimum atomic E-state index is -0.597. The summed E-state index contributed by atoms with van der Waals surface area (Å²) in [6, 6.07) is 53.8. The number of benzene rings is 6. The van der Waals surface area contributed by atoms with Crippen molar-refractivity contribution in [2.45, 2.75) is 43.3 Å². The van der Waals surface area contributed by atoms with Gasteiger partial charge >= 0.3 is 0 Å². The Labute approximate surface area is 325 Å². The fraction of sp³-hybridized carbons (Fsp3) is 0.149. The monoisotopic (exact) mass is 744 g/mol.